The predicted octanol–water partition coefficient (Wildman–Crippen LogP) is 1.60. The van der Waals surface area contributed by atoms with Crippen LogP contribution in [0.4, 0.5) is 5.13 Å². The summed E-state index contributed by atoms with van der Waals surface area (Å²) in [6.45, 7) is 1.88. The summed E-state index contributed by atoms with van der Waals surface area (Å²) in [6, 6.07) is 1.93. The molecule has 2 heterocycles. The number of hydrogen-bond donors (Lipinski definition) is 1. The summed E-state index contributed by atoms with van der Waals surface area (Å²) in [7, 11) is 0. The lowest BCUT2D eigenvalue weighted by atomic mass is 10.2. The normalized spacial score (nSPS) is 14.4. The van der Waals surface area contributed by atoms with Crippen LogP contribution in [0.25, 0.3) is 0 Å². The lowest BCUT2D eigenvalue weighted by Crippen LogP contribution is -2.23. The average molecular weight is 276 g/mol. The fraction of sp³-hybridized carbons (Fsp3) is 0.333. The highest BCUT2D eigenvalue weighted by atomic mass is 32.1. The number of hydrogen-bond acceptors (Lipinski definition) is 5. The van der Waals surface area contributed by atoms with E-state index in [-0.39, 0.29) is 11.0 Å². The lowest BCUT2D eigenvalue weighted by Gasteiger charge is -2.10. The highest BCUT2D eigenvalue weighted by molar-refractivity contribution is 7.13. The van der Waals surface area contributed by atoms with E-state index in [1.54, 1.807) is 6.20 Å². The van der Waals surface area contributed by atoms with Crippen LogP contribution >= 0.6 is 11.3 Å². The molecule has 2 aromatic heterocycles. The van der Waals surface area contributed by atoms with E-state index in [2.05, 4.69) is 15.5 Å². The van der Waals surface area contributed by atoms with Crippen molar-refractivity contribution in [2.45, 2.75) is 25.8 Å². The Morgan fingerprint density at radius 2 is 2.32 bits per heavy atom. The molecule has 19 heavy (non-hydrogen) atoms. The van der Waals surface area contributed by atoms with Gasteiger partial charge in [0, 0.05) is 24.0 Å². The quantitative estimate of drug-likeness (QED) is 0.923. The first-order valence-electron chi connectivity index (χ1n) is 5.95. The molecule has 0 bridgehead atoms. The number of pyridine rings is 1. The zero-order valence-corrected chi connectivity index (χ0v) is 11.1. The Morgan fingerprint density at radius 3 is 2.95 bits per heavy atom. The van der Waals surface area contributed by atoms with E-state index in [4.69, 9.17) is 0 Å². The fourth-order valence-corrected chi connectivity index (χ4v) is 2.40. The van der Waals surface area contributed by atoms with Crippen molar-refractivity contribution >= 4 is 22.4 Å². The van der Waals surface area contributed by atoms with Gasteiger partial charge < -0.3 is 4.57 Å². The van der Waals surface area contributed by atoms with Crippen LogP contribution in [0.1, 0.15) is 34.9 Å². The van der Waals surface area contributed by atoms with Crippen molar-refractivity contribution < 1.29 is 4.79 Å². The van der Waals surface area contributed by atoms with Crippen molar-refractivity contribution in [3.8, 4) is 0 Å². The molecule has 2 aromatic rings. The molecule has 3 rings (SSSR count). The number of rotatable bonds is 3. The van der Waals surface area contributed by atoms with E-state index in [0.717, 1.165) is 18.5 Å². The van der Waals surface area contributed by atoms with Gasteiger partial charge in [-0.2, -0.15) is 0 Å². The molecular weight excluding hydrogens is 264 g/mol. The van der Waals surface area contributed by atoms with Crippen molar-refractivity contribution in [3.05, 3.63) is 39.3 Å². The molecule has 1 amide bonds. The Hall–Kier alpha value is -2.02. The maximum Gasteiger partial charge on any atom is 0.262 e. The van der Waals surface area contributed by atoms with Crippen LogP contribution in [0, 0.1) is 6.92 Å². The Kier molecular flexibility index (Phi) is 2.90. The second-order valence-corrected chi connectivity index (χ2v) is 5.36. The Bertz CT molecular complexity index is 674. The molecule has 0 unspecified atom stereocenters. The van der Waals surface area contributed by atoms with Crippen molar-refractivity contribution in [3.63, 3.8) is 0 Å². The minimum Gasteiger partial charge on any atom is -0.348 e. The van der Waals surface area contributed by atoms with E-state index in [1.807, 2.05) is 11.5 Å². The SMILES string of the molecule is Cc1cc(=O)c(C(=O)Nc2nncs2)cn1C1CC1. The molecule has 0 aromatic carbocycles. The zero-order valence-electron chi connectivity index (χ0n) is 10.3. The first-order chi connectivity index (χ1) is 9.15. The van der Waals surface area contributed by atoms with Crippen molar-refractivity contribution in [2.24, 2.45) is 0 Å². The largest absolute Gasteiger partial charge is 0.348 e. The number of carbonyl (C=O) groups excluding carboxylic acids is 1. The van der Waals surface area contributed by atoms with E-state index in [0.29, 0.717) is 11.2 Å². The highest BCUT2D eigenvalue weighted by Crippen LogP contribution is 2.35. The van der Waals surface area contributed by atoms with Gasteiger partial charge in [0.2, 0.25) is 5.13 Å². The number of nitrogens with one attached hydrogen (secondary N) is 1. The second-order valence-electron chi connectivity index (χ2n) is 4.53. The number of anilines is 1. The van der Waals surface area contributed by atoms with Crippen LogP contribution in [-0.2, 0) is 0 Å². The van der Waals surface area contributed by atoms with Gasteiger partial charge in [-0.05, 0) is 19.8 Å². The molecule has 6 nitrogen and oxygen atoms in total. The average Bonchev–Trinajstić information content (AvgIpc) is 3.07. The molecule has 1 fully saturated rings. The topological polar surface area (TPSA) is 76.9 Å². The molecule has 1 aliphatic rings. The van der Waals surface area contributed by atoms with Gasteiger partial charge in [-0.25, -0.2) is 0 Å². The smallest absolute Gasteiger partial charge is 0.262 e. The molecule has 0 aliphatic heterocycles. The zero-order chi connectivity index (χ0) is 13.4. The maximum absolute atomic E-state index is 12.1. The third kappa shape index (κ3) is 2.41. The third-order valence-corrected chi connectivity index (χ3v) is 3.65. The van der Waals surface area contributed by atoms with Gasteiger partial charge in [0.1, 0.15) is 11.1 Å². The lowest BCUT2D eigenvalue weighted by molar-refractivity contribution is 0.102. The number of aryl methyl sites for hydroxylation is 1. The molecule has 0 spiro atoms. The molecule has 0 radical (unpaired) electrons. The maximum atomic E-state index is 12.1. The molecule has 7 heteroatoms. The van der Waals surface area contributed by atoms with Crippen molar-refractivity contribution in [1.29, 1.82) is 0 Å². The first kappa shape index (κ1) is 12.0. The summed E-state index contributed by atoms with van der Waals surface area (Å²) in [5, 5.41) is 10.3. The van der Waals surface area contributed by atoms with Gasteiger partial charge >= 0.3 is 0 Å². The van der Waals surface area contributed by atoms with Crippen LogP contribution in [-0.4, -0.2) is 20.7 Å². The molecule has 0 atom stereocenters. The van der Waals surface area contributed by atoms with Crippen LogP contribution in [0.2, 0.25) is 0 Å². The van der Waals surface area contributed by atoms with Gasteiger partial charge in [-0.15, -0.1) is 10.2 Å². The standard InChI is InChI=1S/C12H12N4O2S/c1-7-4-10(17)9(5-16(7)8-2-3-8)11(18)14-12-15-13-6-19-12/h4-6,8H,2-3H2,1H3,(H,14,15,18). The fourth-order valence-electron chi connectivity index (χ4n) is 1.96. The third-order valence-electron chi connectivity index (χ3n) is 3.05. The summed E-state index contributed by atoms with van der Waals surface area (Å²) < 4.78 is 2.00. The van der Waals surface area contributed by atoms with Crippen LogP contribution in [0.5, 0.6) is 0 Å². The number of aromatic nitrogens is 3. The van der Waals surface area contributed by atoms with Crippen LogP contribution < -0.4 is 10.7 Å². The number of amides is 1. The van der Waals surface area contributed by atoms with Crippen LogP contribution in [0.15, 0.2) is 22.6 Å². The number of carbonyl (C=O) groups is 1. The molecule has 1 N–H and O–H groups in total. The van der Waals surface area contributed by atoms with Gasteiger partial charge in [0.15, 0.2) is 5.43 Å². The summed E-state index contributed by atoms with van der Waals surface area (Å²) in [4.78, 5) is 24.0. The summed E-state index contributed by atoms with van der Waals surface area (Å²) in [6.07, 6.45) is 3.84. The minimum absolute atomic E-state index is 0.146. The molecule has 0 saturated heterocycles. The second kappa shape index (κ2) is 4.58. The first-order valence-corrected chi connectivity index (χ1v) is 6.83. The molecular formula is C12H12N4O2S. The van der Waals surface area contributed by atoms with E-state index in [1.165, 1.54) is 22.9 Å². The van der Waals surface area contributed by atoms with Gasteiger partial charge in [0.25, 0.3) is 5.91 Å². The summed E-state index contributed by atoms with van der Waals surface area (Å²) in [5.74, 6) is -0.434. The van der Waals surface area contributed by atoms with Crippen molar-refractivity contribution in [1.82, 2.24) is 14.8 Å². The summed E-state index contributed by atoms with van der Waals surface area (Å²) in [5.41, 5.74) is 2.29. The Balaban J connectivity index is 1.93. The predicted molar refractivity (Wildman–Crippen MR) is 71.6 cm³/mol. The molecule has 1 saturated carbocycles. The monoisotopic (exact) mass is 276 g/mol. The Morgan fingerprint density at radius 1 is 1.53 bits per heavy atom. The number of nitrogens with zero attached hydrogens (tertiary/aromatic N) is 3. The minimum atomic E-state index is -0.434. The molecule has 1 aliphatic carbocycles. The highest BCUT2D eigenvalue weighted by Gasteiger charge is 2.25. The van der Waals surface area contributed by atoms with Crippen LogP contribution in [0.3, 0.4) is 0 Å². The van der Waals surface area contributed by atoms with Crippen molar-refractivity contribution in [2.75, 3.05) is 5.32 Å². The van der Waals surface area contributed by atoms with E-state index < -0.39 is 5.91 Å². The molecule has 98 valence electrons. The van der Waals surface area contributed by atoms with Gasteiger partial charge in [-0.3, -0.25) is 14.9 Å². The summed E-state index contributed by atoms with van der Waals surface area (Å²) >= 11 is 1.21. The van der Waals surface area contributed by atoms with E-state index >= 15 is 0 Å². The van der Waals surface area contributed by atoms with Gasteiger partial charge in [-0.1, -0.05) is 11.3 Å². The van der Waals surface area contributed by atoms with Gasteiger partial charge in [0.05, 0.1) is 0 Å². The van der Waals surface area contributed by atoms with E-state index in [9.17, 15) is 9.59 Å². The Labute approximate surface area is 113 Å².